The van der Waals surface area contributed by atoms with Crippen LogP contribution < -0.4 is 5.32 Å². The lowest BCUT2D eigenvalue weighted by atomic mass is 9.98. The first-order valence-electron chi connectivity index (χ1n) is 10.1. The van der Waals surface area contributed by atoms with Gasteiger partial charge in [0.05, 0.1) is 0 Å². The molecule has 7 heteroatoms. The lowest BCUT2D eigenvalue weighted by Gasteiger charge is -2.31. The molecule has 0 unspecified atom stereocenters. The summed E-state index contributed by atoms with van der Waals surface area (Å²) < 4.78 is 0. The van der Waals surface area contributed by atoms with Gasteiger partial charge in [-0.2, -0.15) is 0 Å². The second-order valence-corrected chi connectivity index (χ2v) is 8.68. The molecule has 1 atom stereocenters. The summed E-state index contributed by atoms with van der Waals surface area (Å²) >= 11 is 1.31. The number of piperidine rings is 1. The molecule has 0 aliphatic carbocycles. The molecule has 1 N–H and O–H groups in total. The molecule has 2 aromatic carbocycles. The zero-order valence-corrected chi connectivity index (χ0v) is 17.9. The monoisotopic (exact) mass is 420 g/mol. The number of carbonyl (C=O) groups excluding carboxylic acids is 2. The average Bonchev–Trinajstić information content (AvgIpc) is 3.25. The third-order valence-electron chi connectivity index (χ3n) is 5.35. The fourth-order valence-corrected chi connectivity index (χ4v) is 4.57. The van der Waals surface area contributed by atoms with Crippen molar-refractivity contribution in [2.45, 2.75) is 32.6 Å². The smallest absolute Gasteiger partial charge is 0.286 e. The molecule has 0 saturated carbocycles. The minimum Gasteiger partial charge on any atom is -0.338 e. The van der Waals surface area contributed by atoms with Crippen molar-refractivity contribution < 1.29 is 9.59 Å². The number of amides is 2. The van der Waals surface area contributed by atoms with E-state index in [1.54, 1.807) is 0 Å². The van der Waals surface area contributed by atoms with Gasteiger partial charge in [0.15, 0.2) is 0 Å². The van der Waals surface area contributed by atoms with Crippen LogP contribution in [0.5, 0.6) is 0 Å². The van der Waals surface area contributed by atoms with Crippen molar-refractivity contribution in [3.05, 3.63) is 75.2 Å². The average molecular weight is 421 g/mol. The van der Waals surface area contributed by atoms with Crippen LogP contribution in [0.25, 0.3) is 0 Å². The van der Waals surface area contributed by atoms with Crippen LogP contribution in [0.4, 0.5) is 5.69 Å². The van der Waals surface area contributed by atoms with Crippen LogP contribution >= 0.6 is 11.3 Å². The number of rotatable bonds is 4. The zero-order valence-electron chi connectivity index (χ0n) is 17.1. The van der Waals surface area contributed by atoms with Gasteiger partial charge in [-0.05, 0) is 50.5 Å². The molecular formula is C23H24N4O2S. The number of likely N-dealkylation sites (tertiary alicyclic amines) is 1. The van der Waals surface area contributed by atoms with E-state index in [-0.39, 0.29) is 17.7 Å². The molecule has 154 valence electrons. The number of para-hydroxylation sites is 1. The second kappa shape index (κ2) is 8.75. The van der Waals surface area contributed by atoms with Crippen molar-refractivity contribution in [1.29, 1.82) is 0 Å². The van der Waals surface area contributed by atoms with Gasteiger partial charge >= 0.3 is 0 Å². The Morgan fingerprint density at radius 2 is 1.93 bits per heavy atom. The van der Waals surface area contributed by atoms with Crippen molar-refractivity contribution in [1.82, 2.24) is 15.1 Å². The van der Waals surface area contributed by atoms with E-state index in [4.69, 9.17) is 0 Å². The van der Waals surface area contributed by atoms with E-state index in [1.807, 2.05) is 67.3 Å². The Labute approximate surface area is 180 Å². The van der Waals surface area contributed by atoms with Crippen molar-refractivity contribution >= 4 is 28.8 Å². The molecule has 1 aliphatic heterocycles. The molecule has 4 rings (SSSR count). The second-order valence-electron chi connectivity index (χ2n) is 7.67. The van der Waals surface area contributed by atoms with Crippen LogP contribution in [0, 0.1) is 13.8 Å². The first-order chi connectivity index (χ1) is 14.5. The van der Waals surface area contributed by atoms with E-state index in [2.05, 4.69) is 15.5 Å². The molecule has 3 aromatic rings. The molecule has 1 saturated heterocycles. The zero-order chi connectivity index (χ0) is 21.1. The quantitative estimate of drug-likeness (QED) is 0.678. The maximum atomic E-state index is 12.9. The predicted octanol–water partition coefficient (Wildman–Crippen LogP) is 4.43. The van der Waals surface area contributed by atoms with Crippen LogP contribution in [0.3, 0.4) is 0 Å². The summed E-state index contributed by atoms with van der Waals surface area (Å²) in [5.41, 5.74) is 3.55. The summed E-state index contributed by atoms with van der Waals surface area (Å²) in [6, 6.07) is 15.3. The number of aryl methyl sites for hydroxylation is 2. The van der Waals surface area contributed by atoms with Gasteiger partial charge in [-0.3, -0.25) is 9.59 Å². The Bertz CT molecular complexity index is 1080. The molecule has 30 heavy (non-hydrogen) atoms. The van der Waals surface area contributed by atoms with Crippen LogP contribution in [-0.2, 0) is 0 Å². The van der Waals surface area contributed by atoms with Crippen molar-refractivity contribution in [2.75, 3.05) is 18.4 Å². The van der Waals surface area contributed by atoms with Gasteiger partial charge in [0.2, 0.25) is 5.01 Å². The molecule has 1 aliphatic rings. The molecule has 1 fully saturated rings. The maximum Gasteiger partial charge on any atom is 0.286 e. The first kappa shape index (κ1) is 20.2. The Kier molecular flexibility index (Phi) is 5.90. The van der Waals surface area contributed by atoms with Crippen molar-refractivity contribution in [3.63, 3.8) is 0 Å². The van der Waals surface area contributed by atoms with E-state index in [0.717, 1.165) is 41.2 Å². The number of carbonyl (C=O) groups is 2. The van der Waals surface area contributed by atoms with E-state index in [9.17, 15) is 9.59 Å². The Morgan fingerprint density at radius 3 is 2.73 bits per heavy atom. The number of anilines is 1. The summed E-state index contributed by atoms with van der Waals surface area (Å²) in [6.07, 6.45) is 1.85. The van der Waals surface area contributed by atoms with Crippen LogP contribution in [0.15, 0.2) is 48.5 Å². The predicted molar refractivity (Wildman–Crippen MR) is 118 cm³/mol. The fraction of sp³-hybridized carbons (Fsp3) is 0.304. The van der Waals surface area contributed by atoms with Crippen LogP contribution in [-0.4, -0.2) is 40.0 Å². The van der Waals surface area contributed by atoms with Crippen LogP contribution in [0.1, 0.15) is 55.1 Å². The van der Waals surface area contributed by atoms with Crippen molar-refractivity contribution in [3.8, 4) is 0 Å². The summed E-state index contributed by atoms with van der Waals surface area (Å²) in [4.78, 5) is 27.4. The molecule has 6 nitrogen and oxygen atoms in total. The fourth-order valence-electron chi connectivity index (χ4n) is 3.70. The summed E-state index contributed by atoms with van der Waals surface area (Å²) in [7, 11) is 0. The molecule has 2 heterocycles. The lowest BCUT2D eigenvalue weighted by molar-refractivity contribution is 0.0706. The van der Waals surface area contributed by atoms with Crippen LogP contribution in [0.2, 0.25) is 0 Å². The molecule has 0 spiro atoms. The topological polar surface area (TPSA) is 75.2 Å². The summed E-state index contributed by atoms with van der Waals surface area (Å²) in [5, 5.41) is 12.4. The third kappa shape index (κ3) is 4.41. The SMILES string of the molecule is Cc1cccc(C(=O)N2CCC[C@@H](c3nnc(C(=O)Nc4ccccc4C)s3)C2)c1. The van der Waals surface area contributed by atoms with Gasteiger partial charge in [0.25, 0.3) is 11.8 Å². The number of benzene rings is 2. The van der Waals surface area contributed by atoms with E-state index in [0.29, 0.717) is 17.1 Å². The third-order valence-corrected chi connectivity index (χ3v) is 6.44. The Hall–Kier alpha value is -3.06. The molecule has 1 aromatic heterocycles. The highest BCUT2D eigenvalue weighted by atomic mass is 32.1. The van der Waals surface area contributed by atoms with Crippen molar-refractivity contribution in [2.24, 2.45) is 0 Å². The normalized spacial score (nSPS) is 16.3. The molecule has 0 radical (unpaired) electrons. The largest absolute Gasteiger partial charge is 0.338 e. The van der Waals surface area contributed by atoms with E-state index in [1.165, 1.54) is 11.3 Å². The number of aromatic nitrogens is 2. The van der Waals surface area contributed by atoms with E-state index < -0.39 is 0 Å². The molecule has 0 bridgehead atoms. The van der Waals surface area contributed by atoms with Gasteiger partial charge < -0.3 is 10.2 Å². The standard InChI is InChI=1S/C23H24N4O2S/c1-15-7-5-9-17(13-15)23(29)27-12-6-10-18(14-27)21-25-26-22(30-21)20(28)24-19-11-4-3-8-16(19)2/h3-5,7-9,11,13,18H,6,10,12,14H2,1-2H3,(H,24,28)/t18-/m1/s1. The minimum atomic E-state index is -0.253. The number of hydrogen-bond acceptors (Lipinski definition) is 5. The number of hydrogen-bond donors (Lipinski definition) is 1. The maximum absolute atomic E-state index is 12.9. The molecule has 2 amide bonds. The Balaban J connectivity index is 1.44. The highest BCUT2D eigenvalue weighted by Crippen LogP contribution is 2.30. The lowest BCUT2D eigenvalue weighted by Crippen LogP contribution is -2.39. The number of nitrogens with zero attached hydrogens (tertiary/aromatic N) is 3. The summed E-state index contributed by atoms with van der Waals surface area (Å²) in [5.74, 6) is -0.105. The summed E-state index contributed by atoms with van der Waals surface area (Å²) in [6.45, 7) is 5.27. The van der Waals surface area contributed by atoms with Gasteiger partial charge in [-0.1, -0.05) is 47.2 Å². The minimum absolute atomic E-state index is 0.0467. The number of nitrogens with one attached hydrogen (secondary N) is 1. The first-order valence-corrected chi connectivity index (χ1v) is 10.9. The molecular weight excluding hydrogens is 396 g/mol. The van der Waals surface area contributed by atoms with Gasteiger partial charge in [0, 0.05) is 30.3 Å². The van der Waals surface area contributed by atoms with Gasteiger partial charge in [-0.25, -0.2) is 0 Å². The van der Waals surface area contributed by atoms with Gasteiger partial charge in [-0.15, -0.1) is 10.2 Å². The highest BCUT2D eigenvalue weighted by molar-refractivity contribution is 7.13. The van der Waals surface area contributed by atoms with E-state index >= 15 is 0 Å². The van der Waals surface area contributed by atoms with Gasteiger partial charge in [0.1, 0.15) is 5.01 Å². The highest BCUT2D eigenvalue weighted by Gasteiger charge is 2.28. The Morgan fingerprint density at radius 1 is 1.10 bits per heavy atom.